The molecule has 3 aromatic rings. The molecule has 0 spiro atoms. The number of benzene rings is 1. The van der Waals surface area contributed by atoms with Gasteiger partial charge in [-0.15, -0.1) is 21.5 Å². The average molecular weight is 495 g/mol. The number of sulfonamides is 1. The second-order valence-corrected chi connectivity index (χ2v) is 10.5. The van der Waals surface area contributed by atoms with Crippen LogP contribution in [0.1, 0.15) is 6.92 Å². The summed E-state index contributed by atoms with van der Waals surface area (Å²) in [5.74, 6) is 0.620. The third-order valence-electron chi connectivity index (χ3n) is 4.76. The van der Waals surface area contributed by atoms with Gasteiger partial charge < -0.3 is 14.6 Å². The van der Waals surface area contributed by atoms with Crippen molar-refractivity contribution in [3.8, 4) is 11.4 Å². The molecule has 1 aliphatic heterocycles. The molecule has 32 heavy (non-hydrogen) atoms. The average Bonchev–Trinajstić information content (AvgIpc) is 3.48. The zero-order chi connectivity index (χ0) is 22.6. The zero-order valence-corrected chi connectivity index (χ0v) is 19.8. The highest BCUT2D eigenvalue weighted by atomic mass is 32.2. The zero-order valence-electron chi connectivity index (χ0n) is 17.3. The van der Waals surface area contributed by atoms with Gasteiger partial charge in [-0.2, -0.15) is 4.31 Å². The Morgan fingerprint density at radius 1 is 1.22 bits per heavy atom. The van der Waals surface area contributed by atoms with Crippen LogP contribution < -0.4 is 5.32 Å². The number of hydrogen-bond acceptors (Lipinski definition) is 9. The highest BCUT2D eigenvalue weighted by Crippen LogP contribution is 2.26. The molecular formula is C19H22N6O4S3. The van der Waals surface area contributed by atoms with E-state index in [0.717, 1.165) is 5.56 Å². The number of hydrogen-bond donors (Lipinski definition) is 1. The Labute approximate surface area is 194 Å². The molecule has 0 saturated carbocycles. The molecule has 3 heterocycles. The molecule has 1 aromatic carbocycles. The van der Waals surface area contributed by atoms with Crippen molar-refractivity contribution in [3.63, 3.8) is 0 Å². The van der Waals surface area contributed by atoms with Gasteiger partial charge >= 0.3 is 0 Å². The van der Waals surface area contributed by atoms with Gasteiger partial charge in [0.25, 0.3) is 0 Å². The van der Waals surface area contributed by atoms with Crippen LogP contribution in [0.15, 0.2) is 45.9 Å². The van der Waals surface area contributed by atoms with Crippen LogP contribution >= 0.6 is 23.1 Å². The number of amides is 1. The van der Waals surface area contributed by atoms with Gasteiger partial charge in [-0.3, -0.25) is 4.79 Å². The molecule has 1 N–H and O–H groups in total. The SMILES string of the molecule is CCn1c(SCC(=O)Nc2nccs2)nnc1-c1ccc(S(=O)(=O)N2CCOCC2)cc1. The maximum absolute atomic E-state index is 12.8. The van der Waals surface area contributed by atoms with Crippen LogP contribution in [-0.4, -0.2) is 70.4 Å². The highest BCUT2D eigenvalue weighted by Gasteiger charge is 2.26. The largest absolute Gasteiger partial charge is 0.379 e. The van der Waals surface area contributed by atoms with Crippen LogP contribution in [0.5, 0.6) is 0 Å². The number of carbonyl (C=O) groups is 1. The van der Waals surface area contributed by atoms with E-state index in [2.05, 4.69) is 20.5 Å². The lowest BCUT2D eigenvalue weighted by Crippen LogP contribution is -2.40. The molecule has 1 aliphatic rings. The Balaban J connectivity index is 1.46. The Morgan fingerprint density at radius 2 is 1.97 bits per heavy atom. The minimum atomic E-state index is -3.55. The lowest BCUT2D eigenvalue weighted by molar-refractivity contribution is -0.113. The van der Waals surface area contributed by atoms with E-state index in [1.807, 2.05) is 11.5 Å². The normalized spacial score (nSPS) is 15.0. The maximum Gasteiger partial charge on any atom is 0.243 e. The summed E-state index contributed by atoms with van der Waals surface area (Å²) < 4.78 is 34.2. The van der Waals surface area contributed by atoms with Gasteiger partial charge in [-0.25, -0.2) is 13.4 Å². The summed E-state index contributed by atoms with van der Waals surface area (Å²) in [5, 5.41) is 14.2. The number of anilines is 1. The fourth-order valence-corrected chi connectivity index (χ4v) is 5.93. The number of nitrogens with zero attached hydrogens (tertiary/aromatic N) is 5. The van der Waals surface area contributed by atoms with Crippen LogP contribution in [-0.2, 0) is 26.1 Å². The van der Waals surface area contributed by atoms with Crippen molar-refractivity contribution >= 4 is 44.2 Å². The Kier molecular flexibility index (Phi) is 7.20. The van der Waals surface area contributed by atoms with Crippen LogP contribution in [0.4, 0.5) is 5.13 Å². The van der Waals surface area contributed by atoms with E-state index in [4.69, 9.17) is 4.74 Å². The lowest BCUT2D eigenvalue weighted by Gasteiger charge is -2.26. The molecule has 1 saturated heterocycles. The maximum atomic E-state index is 12.8. The summed E-state index contributed by atoms with van der Waals surface area (Å²) in [6, 6.07) is 6.63. The summed E-state index contributed by atoms with van der Waals surface area (Å²) in [6.07, 6.45) is 1.63. The third-order valence-corrected chi connectivity index (χ3v) is 8.33. The smallest absolute Gasteiger partial charge is 0.243 e. The number of morpholine rings is 1. The van der Waals surface area contributed by atoms with Crippen LogP contribution in [0, 0.1) is 0 Å². The fraction of sp³-hybridized carbons (Fsp3) is 0.368. The number of rotatable bonds is 8. The molecule has 4 rings (SSSR count). The monoisotopic (exact) mass is 494 g/mol. The van der Waals surface area contributed by atoms with E-state index in [1.54, 1.807) is 35.8 Å². The minimum Gasteiger partial charge on any atom is -0.379 e. The molecule has 0 unspecified atom stereocenters. The molecule has 170 valence electrons. The fourth-order valence-electron chi connectivity index (χ4n) is 3.18. The lowest BCUT2D eigenvalue weighted by atomic mass is 10.2. The van der Waals surface area contributed by atoms with Crippen molar-refractivity contribution in [2.75, 3.05) is 37.4 Å². The first-order valence-corrected chi connectivity index (χ1v) is 13.2. The second kappa shape index (κ2) is 10.1. The van der Waals surface area contributed by atoms with E-state index in [1.165, 1.54) is 27.4 Å². The molecule has 0 aliphatic carbocycles. The minimum absolute atomic E-state index is 0.171. The number of thiazole rings is 1. The molecule has 1 amide bonds. The number of ether oxygens (including phenoxy) is 1. The van der Waals surface area contributed by atoms with E-state index >= 15 is 0 Å². The Hall–Kier alpha value is -2.32. The quantitative estimate of drug-likeness (QED) is 0.473. The van der Waals surface area contributed by atoms with E-state index in [0.29, 0.717) is 49.0 Å². The first-order valence-electron chi connectivity index (χ1n) is 9.92. The van der Waals surface area contributed by atoms with Crippen LogP contribution in [0.3, 0.4) is 0 Å². The third kappa shape index (κ3) is 5.02. The van der Waals surface area contributed by atoms with Gasteiger partial charge in [0.05, 0.1) is 23.9 Å². The Morgan fingerprint density at radius 3 is 2.62 bits per heavy atom. The summed E-state index contributed by atoms with van der Waals surface area (Å²) in [7, 11) is -3.55. The molecule has 1 fully saturated rings. The van der Waals surface area contributed by atoms with Gasteiger partial charge in [-0.05, 0) is 31.2 Å². The molecule has 2 aromatic heterocycles. The van der Waals surface area contributed by atoms with Gasteiger partial charge in [-0.1, -0.05) is 11.8 Å². The number of thioether (sulfide) groups is 1. The number of nitrogens with one attached hydrogen (secondary N) is 1. The molecule has 0 atom stereocenters. The molecule has 0 radical (unpaired) electrons. The van der Waals surface area contributed by atoms with Crippen molar-refractivity contribution in [1.29, 1.82) is 0 Å². The second-order valence-electron chi connectivity index (χ2n) is 6.77. The summed E-state index contributed by atoms with van der Waals surface area (Å²) in [4.78, 5) is 16.4. The predicted molar refractivity (Wildman–Crippen MR) is 122 cm³/mol. The standard InChI is InChI=1S/C19H22N6O4S3/c1-2-25-17(22-23-19(25)31-13-16(26)21-18-20-7-12-30-18)14-3-5-15(6-4-14)32(27,28)24-8-10-29-11-9-24/h3-7,12H,2,8-11,13H2,1H3,(H,20,21,26). The molecule has 10 nitrogen and oxygen atoms in total. The van der Waals surface area contributed by atoms with Crippen molar-refractivity contribution in [2.24, 2.45) is 0 Å². The first-order chi connectivity index (χ1) is 15.5. The van der Waals surface area contributed by atoms with Crippen molar-refractivity contribution in [1.82, 2.24) is 24.1 Å². The van der Waals surface area contributed by atoms with Crippen molar-refractivity contribution in [2.45, 2.75) is 23.5 Å². The summed E-state index contributed by atoms with van der Waals surface area (Å²) >= 11 is 2.64. The summed E-state index contributed by atoms with van der Waals surface area (Å²) in [6.45, 7) is 4.07. The number of carbonyl (C=O) groups excluding carboxylic acids is 1. The Bertz CT molecular complexity index is 1160. The number of aromatic nitrogens is 4. The van der Waals surface area contributed by atoms with Gasteiger partial charge in [0.2, 0.25) is 15.9 Å². The van der Waals surface area contributed by atoms with E-state index in [9.17, 15) is 13.2 Å². The van der Waals surface area contributed by atoms with E-state index in [-0.39, 0.29) is 16.6 Å². The highest BCUT2D eigenvalue weighted by molar-refractivity contribution is 7.99. The van der Waals surface area contributed by atoms with Gasteiger partial charge in [0, 0.05) is 36.8 Å². The van der Waals surface area contributed by atoms with Crippen molar-refractivity contribution in [3.05, 3.63) is 35.8 Å². The topological polar surface area (TPSA) is 119 Å². The first kappa shape index (κ1) is 22.9. The van der Waals surface area contributed by atoms with E-state index < -0.39 is 10.0 Å². The van der Waals surface area contributed by atoms with Crippen LogP contribution in [0.25, 0.3) is 11.4 Å². The predicted octanol–water partition coefficient (Wildman–Crippen LogP) is 2.17. The van der Waals surface area contributed by atoms with Gasteiger partial charge in [0.15, 0.2) is 16.1 Å². The van der Waals surface area contributed by atoms with Crippen molar-refractivity contribution < 1.29 is 17.9 Å². The molecule has 13 heteroatoms. The summed E-state index contributed by atoms with van der Waals surface area (Å²) in [5.41, 5.74) is 0.749. The van der Waals surface area contributed by atoms with Gasteiger partial charge in [0.1, 0.15) is 0 Å². The molecule has 0 bridgehead atoms. The van der Waals surface area contributed by atoms with Crippen LogP contribution in [0.2, 0.25) is 0 Å². The molecular weight excluding hydrogens is 472 g/mol.